The topological polar surface area (TPSA) is 48.5 Å². The number of piperazine rings is 1. The van der Waals surface area contributed by atoms with Crippen LogP contribution in [0.2, 0.25) is 0 Å². The lowest BCUT2D eigenvalue weighted by Crippen LogP contribution is -2.49. The molecular formula is C21H24N4OS2. The highest BCUT2D eigenvalue weighted by Gasteiger charge is 2.19. The molecule has 28 heavy (non-hydrogen) atoms. The van der Waals surface area contributed by atoms with Gasteiger partial charge in [-0.25, -0.2) is 4.98 Å². The Hall–Kier alpha value is -2.06. The van der Waals surface area contributed by atoms with Gasteiger partial charge in [0.25, 0.3) is 0 Å². The van der Waals surface area contributed by atoms with Crippen molar-refractivity contribution in [3.63, 3.8) is 0 Å². The second kappa shape index (κ2) is 9.43. The van der Waals surface area contributed by atoms with Crippen molar-refractivity contribution >= 4 is 28.6 Å². The zero-order valence-corrected chi connectivity index (χ0v) is 17.3. The smallest absolute Gasteiger partial charge is 0.234 e. The van der Waals surface area contributed by atoms with Gasteiger partial charge >= 0.3 is 0 Å². The van der Waals surface area contributed by atoms with Crippen LogP contribution in [-0.4, -0.2) is 53.4 Å². The van der Waals surface area contributed by atoms with Crippen molar-refractivity contribution in [3.8, 4) is 10.6 Å². The standard InChI is InChI=1S/C21H24N4OS2/c26-20(22-13-19-7-4-12-27-19)15-25-10-8-24(9-11-25)14-18-16-28-21(23-18)17-5-2-1-3-6-17/h1-7,12,16H,8-11,13-15H2,(H,22,26). The van der Waals surface area contributed by atoms with Crippen LogP contribution in [0.1, 0.15) is 10.6 Å². The van der Waals surface area contributed by atoms with Crippen LogP contribution in [0.15, 0.2) is 53.2 Å². The van der Waals surface area contributed by atoms with E-state index in [1.807, 2.05) is 35.7 Å². The Labute approximate surface area is 173 Å². The predicted molar refractivity (Wildman–Crippen MR) is 115 cm³/mol. The molecule has 1 aliphatic heterocycles. The molecule has 5 nitrogen and oxygen atoms in total. The number of nitrogens with one attached hydrogen (secondary N) is 1. The van der Waals surface area contributed by atoms with Gasteiger partial charge < -0.3 is 5.32 Å². The zero-order valence-electron chi connectivity index (χ0n) is 15.7. The maximum Gasteiger partial charge on any atom is 0.234 e. The van der Waals surface area contributed by atoms with E-state index >= 15 is 0 Å². The fourth-order valence-electron chi connectivity index (χ4n) is 3.29. The minimum absolute atomic E-state index is 0.105. The van der Waals surface area contributed by atoms with E-state index in [1.54, 1.807) is 22.7 Å². The fraction of sp³-hybridized carbons (Fsp3) is 0.333. The van der Waals surface area contributed by atoms with Crippen LogP contribution in [0.3, 0.4) is 0 Å². The van der Waals surface area contributed by atoms with Gasteiger partial charge in [-0.15, -0.1) is 22.7 Å². The van der Waals surface area contributed by atoms with E-state index in [2.05, 4.69) is 32.6 Å². The number of thiophene rings is 1. The van der Waals surface area contributed by atoms with Gasteiger partial charge in [-0.05, 0) is 11.4 Å². The Kier molecular flexibility index (Phi) is 6.49. The Morgan fingerprint density at radius 1 is 1.00 bits per heavy atom. The molecular weight excluding hydrogens is 388 g/mol. The second-order valence-electron chi connectivity index (χ2n) is 6.92. The molecule has 1 amide bonds. The minimum Gasteiger partial charge on any atom is -0.350 e. The van der Waals surface area contributed by atoms with Gasteiger partial charge in [0.15, 0.2) is 0 Å². The van der Waals surface area contributed by atoms with Crippen LogP contribution in [0.5, 0.6) is 0 Å². The molecule has 0 atom stereocenters. The van der Waals surface area contributed by atoms with Gasteiger partial charge in [-0.1, -0.05) is 36.4 Å². The summed E-state index contributed by atoms with van der Waals surface area (Å²) >= 11 is 3.38. The first-order valence-corrected chi connectivity index (χ1v) is 11.3. The van der Waals surface area contributed by atoms with Crippen LogP contribution in [0.25, 0.3) is 10.6 Å². The number of amides is 1. The van der Waals surface area contributed by atoms with Crippen molar-refractivity contribution in [1.29, 1.82) is 0 Å². The van der Waals surface area contributed by atoms with Crippen molar-refractivity contribution in [2.45, 2.75) is 13.1 Å². The number of thiazole rings is 1. The molecule has 146 valence electrons. The van der Waals surface area contributed by atoms with E-state index in [0.29, 0.717) is 13.1 Å². The van der Waals surface area contributed by atoms with E-state index in [1.165, 1.54) is 10.4 Å². The molecule has 1 aliphatic rings. The lowest BCUT2D eigenvalue weighted by molar-refractivity contribution is -0.122. The number of benzene rings is 1. The summed E-state index contributed by atoms with van der Waals surface area (Å²) < 4.78 is 0. The van der Waals surface area contributed by atoms with Gasteiger partial charge in [0.2, 0.25) is 5.91 Å². The minimum atomic E-state index is 0.105. The third-order valence-electron chi connectivity index (χ3n) is 4.83. The zero-order chi connectivity index (χ0) is 19.2. The van der Waals surface area contributed by atoms with E-state index in [9.17, 15) is 4.79 Å². The normalized spacial score (nSPS) is 15.6. The molecule has 1 N–H and O–H groups in total. The van der Waals surface area contributed by atoms with Gasteiger partial charge in [0, 0.05) is 48.5 Å². The number of aromatic nitrogens is 1. The quantitative estimate of drug-likeness (QED) is 0.647. The number of hydrogen-bond donors (Lipinski definition) is 1. The molecule has 2 aromatic heterocycles. The molecule has 0 aliphatic carbocycles. The average molecular weight is 413 g/mol. The van der Waals surface area contributed by atoms with Crippen molar-refractivity contribution in [2.75, 3.05) is 32.7 Å². The lowest BCUT2D eigenvalue weighted by Gasteiger charge is -2.33. The van der Waals surface area contributed by atoms with Crippen LogP contribution in [-0.2, 0) is 17.9 Å². The highest BCUT2D eigenvalue weighted by Crippen LogP contribution is 2.24. The third-order valence-corrected chi connectivity index (χ3v) is 6.65. The number of carbonyl (C=O) groups is 1. The lowest BCUT2D eigenvalue weighted by atomic mass is 10.2. The van der Waals surface area contributed by atoms with Crippen molar-refractivity contribution < 1.29 is 4.79 Å². The Bertz CT molecular complexity index is 871. The monoisotopic (exact) mass is 412 g/mol. The van der Waals surface area contributed by atoms with Crippen molar-refractivity contribution in [2.24, 2.45) is 0 Å². The second-order valence-corrected chi connectivity index (χ2v) is 8.81. The Balaban J connectivity index is 1.20. The van der Waals surface area contributed by atoms with E-state index in [0.717, 1.165) is 43.4 Å². The SMILES string of the molecule is O=C(CN1CCN(Cc2csc(-c3ccccc3)n2)CC1)NCc1cccs1. The first kappa shape index (κ1) is 19.3. The number of rotatable bonds is 7. The molecule has 4 rings (SSSR count). The van der Waals surface area contributed by atoms with Gasteiger partial charge in [0.05, 0.1) is 18.8 Å². The maximum absolute atomic E-state index is 12.1. The number of nitrogens with zero attached hydrogens (tertiary/aromatic N) is 3. The summed E-state index contributed by atoms with van der Waals surface area (Å²) in [5.74, 6) is 0.105. The highest BCUT2D eigenvalue weighted by atomic mass is 32.1. The summed E-state index contributed by atoms with van der Waals surface area (Å²) in [6.45, 7) is 5.76. The van der Waals surface area contributed by atoms with Gasteiger partial charge in [-0.3, -0.25) is 14.6 Å². The van der Waals surface area contributed by atoms with Crippen molar-refractivity contribution in [1.82, 2.24) is 20.1 Å². The van der Waals surface area contributed by atoms with Crippen LogP contribution in [0.4, 0.5) is 0 Å². The molecule has 3 heterocycles. The molecule has 1 aromatic carbocycles. The van der Waals surface area contributed by atoms with Crippen LogP contribution < -0.4 is 5.32 Å². The Morgan fingerprint density at radius 2 is 1.79 bits per heavy atom. The first-order valence-electron chi connectivity index (χ1n) is 9.50. The molecule has 1 fully saturated rings. The summed E-state index contributed by atoms with van der Waals surface area (Å²) in [6.07, 6.45) is 0. The summed E-state index contributed by atoms with van der Waals surface area (Å²) in [5, 5.41) is 8.28. The fourth-order valence-corrected chi connectivity index (χ4v) is 4.75. The molecule has 0 unspecified atom stereocenters. The summed E-state index contributed by atoms with van der Waals surface area (Å²) in [7, 11) is 0. The van der Waals surface area contributed by atoms with Crippen molar-refractivity contribution in [3.05, 3.63) is 63.8 Å². The van der Waals surface area contributed by atoms with Gasteiger partial charge in [0.1, 0.15) is 5.01 Å². The Morgan fingerprint density at radius 3 is 2.54 bits per heavy atom. The molecule has 7 heteroatoms. The third kappa shape index (κ3) is 5.26. The molecule has 0 bridgehead atoms. The summed E-state index contributed by atoms with van der Waals surface area (Å²) in [5.41, 5.74) is 2.31. The molecule has 0 radical (unpaired) electrons. The largest absolute Gasteiger partial charge is 0.350 e. The van der Waals surface area contributed by atoms with Crippen LogP contribution in [0, 0.1) is 0 Å². The van der Waals surface area contributed by atoms with Crippen LogP contribution >= 0.6 is 22.7 Å². The molecule has 0 saturated carbocycles. The number of carbonyl (C=O) groups excluding carboxylic acids is 1. The molecule has 3 aromatic rings. The van der Waals surface area contributed by atoms with Gasteiger partial charge in [-0.2, -0.15) is 0 Å². The van der Waals surface area contributed by atoms with E-state index in [4.69, 9.17) is 4.98 Å². The molecule has 0 spiro atoms. The highest BCUT2D eigenvalue weighted by molar-refractivity contribution is 7.13. The number of hydrogen-bond acceptors (Lipinski definition) is 6. The first-order chi connectivity index (χ1) is 13.8. The van der Waals surface area contributed by atoms with E-state index in [-0.39, 0.29) is 5.91 Å². The summed E-state index contributed by atoms with van der Waals surface area (Å²) in [4.78, 5) is 22.8. The maximum atomic E-state index is 12.1. The molecule has 1 saturated heterocycles. The van der Waals surface area contributed by atoms with E-state index < -0.39 is 0 Å². The predicted octanol–water partition coefficient (Wildman–Crippen LogP) is 3.31. The summed E-state index contributed by atoms with van der Waals surface area (Å²) in [6, 6.07) is 14.4. The average Bonchev–Trinajstić information content (AvgIpc) is 3.41.